The number of hydrogen-bond donors (Lipinski definition) is 2. The smallest absolute Gasteiger partial charge is 0.237 e. The molecule has 1 fully saturated rings. The van der Waals surface area contributed by atoms with E-state index < -0.39 is 0 Å². The molecule has 1 atom stereocenters. The van der Waals surface area contributed by atoms with Crippen molar-refractivity contribution in [3.05, 3.63) is 22.5 Å². The summed E-state index contributed by atoms with van der Waals surface area (Å²) in [5, 5.41) is 6.31. The molecule has 1 unspecified atom stereocenters. The van der Waals surface area contributed by atoms with E-state index in [0.29, 0.717) is 12.6 Å². The first kappa shape index (κ1) is 13.6. The van der Waals surface area contributed by atoms with Crippen molar-refractivity contribution >= 4 is 22.2 Å². The summed E-state index contributed by atoms with van der Waals surface area (Å²) in [6.45, 7) is 6.66. The average Bonchev–Trinajstić information content (AvgIpc) is 3.06. The maximum absolute atomic E-state index is 11.9. The number of nitrogens with one attached hydrogen (secondary N) is 2. The molecule has 6 heteroatoms. The van der Waals surface area contributed by atoms with Crippen LogP contribution in [-0.2, 0) is 11.3 Å². The van der Waals surface area contributed by atoms with Gasteiger partial charge in [-0.15, -0.1) is 11.3 Å². The van der Waals surface area contributed by atoms with Gasteiger partial charge in [-0.05, 0) is 33.6 Å². The van der Waals surface area contributed by atoms with E-state index in [9.17, 15) is 4.79 Å². The summed E-state index contributed by atoms with van der Waals surface area (Å²) in [4.78, 5) is 18.7. The Labute approximate surface area is 122 Å². The molecule has 2 N–H and O–H groups in total. The van der Waals surface area contributed by atoms with Gasteiger partial charge < -0.3 is 10.6 Å². The second kappa shape index (κ2) is 5.18. The molecule has 1 saturated carbocycles. The highest BCUT2D eigenvalue weighted by molar-refractivity contribution is 7.17. The summed E-state index contributed by atoms with van der Waals surface area (Å²) in [5.74, 6) is 0.0902. The Kier molecular flexibility index (Phi) is 3.52. The fraction of sp³-hybridized carbons (Fsp3) is 0.571. The summed E-state index contributed by atoms with van der Waals surface area (Å²) < 4.78 is 2.12. The molecule has 1 aliphatic carbocycles. The second-order valence-electron chi connectivity index (χ2n) is 5.52. The van der Waals surface area contributed by atoms with Gasteiger partial charge in [-0.2, -0.15) is 0 Å². The van der Waals surface area contributed by atoms with Gasteiger partial charge in [0, 0.05) is 23.7 Å². The van der Waals surface area contributed by atoms with Crippen molar-refractivity contribution in [2.24, 2.45) is 0 Å². The molecular formula is C14H20N4OS. The molecule has 3 rings (SSSR count). The highest BCUT2D eigenvalue weighted by Crippen LogP contribution is 2.21. The number of amides is 1. The third kappa shape index (κ3) is 2.71. The van der Waals surface area contributed by atoms with E-state index in [4.69, 9.17) is 0 Å². The first-order valence-corrected chi connectivity index (χ1v) is 7.84. The highest BCUT2D eigenvalue weighted by atomic mass is 32.1. The molecule has 0 spiro atoms. The van der Waals surface area contributed by atoms with Crippen LogP contribution in [0.4, 0.5) is 0 Å². The van der Waals surface area contributed by atoms with Crippen molar-refractivity contribution in [1.29, 1.82) is 0 Å². The van der Waals surface area contributed by atoms with Crippen molar-refractivity contribution in [2.75, 3.05) is 0 Å². The van der Waals surface area contributed by atoms with Crippen LogP contribution < -0.4 is 10.6 Å². The number of fused-ring (bicyclic) bond motifs is 1. The number of rotatable bonds is 5. The van der Waals surface area contributed by atoms with E-state index in [0.717, 1.165) is 29.2 Å². The lowest BCUT2D eigenvalue weighted by molar-refractivity contribution is -0.122. The fourth-order valence-corrected chi connectivity index (χ4v) is 3.11. The zero-order valence-electron chi connectivity index (χ0n) is 12.1. The molecule has 5 nitrogen and oxygen atoms in total. The monoisotopic (exact) mass is 292 g/mol. The largest absolute Gasteiger partial charge is 0.352 e. The van der Waals surface area contributed by atoms with E-state index in [1.807, 2.05) is 13.8 Å². The molecule has 0 radical (unpaired) electrons. The number of carbonyl (C=O) groups is 1. The Morgan fingerprint density at radius 2 is 2.30 bits per heavy atom. The SMILES string of the molecule is Cc1cn2c(CNC(C)C(=O)NC3CC3)c(C)nc2s1. The Bertz CT molecular complexity index is 641. The number of aromatic nitrogens is 2. The lowest BCUT2D eigenvalue weighted by Gasteiger charge is -2.13. The first-order valence-electron chi connectivity index (χ1n) is 7.02. The molecule has 2 aromatic heterocycles. The molecule has 2 heterocycles. The van der Waals surface area contributed by atoms with Gasteiger partial charge in [0.2, 0.25) is 5.91 Å². The van der Waals surface area contributed by atoms with Crippen LogP contribution in [0.2, 0.25) is 0 Å². The van der Waals surface area contributed by atoms with Crippen molar-refractivity contribution in [3.63, 3.8) is 0 Å². The quantitative estimate of drug-likeness (QED) is 0.883. The minimum Gasteiger partial charge on any atom is -0.352 e. The number of aryl methyl sites for hydroxylation is 2. The maximum atomic E-state index is 11.9. The van der Waals surface area contributed by atoms with Gasteiger partial charge in [0.05, 0.1) is 17.4 Å². The summed E-state index contributed by atoms with van der Waals surface area (Å²) in [6.07, 6.45) is 4.34. The summed E-state index contributed by atoms with van der Waals surface area (Å²) in [6, 6.07) is 0.231. The standard InChI is InChI=1S/C14H20N4OS/c1-8-7-18-12(9(2)16-14(18)20-8)6-15-10(3)13(19)17-11-4-5-11/h7,10-11,15H,4-6H2,1-3H3,(H,17,19). The number of thiazole rings is 1. The lowest BCUT2D eigenvalue weighted by atomic mass is 10.2. The molecule has 20 heavy (non-hydrogen) atoms. The number of nitrogens with zero attached hydrogens (tertiary/aromatic N) is 2. The number of hydrogen-bond acceptors (Lipinski definition) is 4. The summed E-state index contributed by atoms with van der Waals surface area (Å²) in [7, 11) is 0. The fourth-order valence-electron chi connectivity index (χ4n) is 2.22. The van der Waals surface area contributed by atoms with E-state index in [2.05, 4.69) is 33.1 Å². The molecular weight excluding hydrogens is 272 g/mol. The van der Waals surface area contributed by atoms with Crippen LogP contribution in [-0.4, -0.2) is 27.4 Å². The van der Waals surface area contributed by atoms with E-state index in [1.165, 1.54) is 4.88 Å². The topological polar surface area (TPSA) is 58.4 Å². The van der Waals surface area contributed by atoms with E-state index >= 15 is 0 Å². The first-order chi connectivity index (χ1) is 9.54. The van der Waals surface area contributed by atoms with E-state index in [-0.39, 0.29) is 11.9 Å². The summed E-state index contributed by atoms with van der Waals surface area (Å²) >= 11 is 1.69. The molecule has 1 amide bonds. The Morgan fingerprint density at radius 3 is 3.00 bits per heavy atom. The normalized spacial score (nSPS) is 16.6. The molecule has 0 aromatic carbocycles. The zero-order chi connectivity index (χ0) is 14.3. The average molecular weight is 292 g/mol. The second-order valence-corrected chi connectivity index (χ2v) is 6.74. The van der Waals surface area contributed by atoms with Gasteiger partial charge in [-0.25, -0.2) is 4.98 Å². The predicted molar refractivity (Wildman–Crippen MR) is 80.0 cm³/mol. The minimum absolute atomic E-state index is 0.0902. The van der Waals surface area contributed by atoms with Crippen LogP contribution >= 0.6 is 11.3 Å². The Balaban J connectivity index is 1.66. The zero-order valence-corrected chi connectivity index (χ0v) is 12.9. The molecule has 1 aliphatic rings. The van der Waals surface area contributed by atoms with Gasteiger partial charge in [0.1, 0.15) is 0 Å². The van der Waals surface area contributed by atoms with Crippen LogP contribution in [0.25, 0.3) is 4.96 Å². The van der Waals surface area contributed by atoms with Crippen molar-refractivity contribution in [3.8, 4) is 0 Å². The van der Waals surface area contributed by atoms with Crippen LogP contribution in [0, 0.1) is 13.8 Å². The van der Waals surface area contributed by atoms with Crippen LogP contribution in [0.5, 0.6) is 0 Å². The minimum atomic E-state index is -0.180. The maximum Gasteiger partial charge on any atom is 0.237 e. The van der Waals surface area contributed by atoms with E-state index in [1.54, 1.807) is 11.3 Å². The van der Waals surface area contributed by atoms with Gasteiger partial charge in [0.25, 0.3) is 0 Å². The van der Waals surface area contributed by atoms with Gasteiger partial charge in [0.15, 0.2) is 4.96 Å². The molecule has 0 saturated heterocycles. The van der Waals surface area contributed by atoms with Gasteiger partial charge in [-0.1, -0.05) is 0 Å². The highest BCUT2D eigenvalue weighted by Gasteiger charge is 2.25. The Morgan fingerprint density at radius 1 is 1.55 bits per heavy atom. The summed E-state index contributed by atoms with van der Waals surface area (Å²) in [5.41, 5.74) is 2.16. The third-order valence-electron chi connectivity index (χ3n) is 3.63. The Hall–Kier alpha value is -1.40. The van der Waals surface area contributed by atoms with Crippen molar-refractivity contribution < 1.29 is 4.79 Å². The number of imidazole rings is 1. The molecule has 0 aliphatic heterocycles. The number of carbonyl (C=O) groups excluding carboxylic acids is 1. The van der Waals surface area contributed by atoms with Gasteiger partial charge >= 0.3 is 0 Å². The van der Waals surface area contributed by atoms with Crippen LogP contribution in [0.1, 0.15) is 36.0 Å². The van der Waals surface area contributed by atoms with Crippen LogP contribution in [0.15, 0.2) is 6.20 Å². The van der Waals surface area contributed by atoms with Crippen LogP contribution in [0.3, 0.4) is 0 Å². The molecule has 2 aromatic rings. The predicted octanol–water partition coefficient (Wildman–Crippen LogP) is 1.77. The van der Waals surface area contributed by atoms with Crippen molar-refractivity contribution in [2.45, 2.75) is 52.2 Å². The van der Waals surface area contributed by atoms with Gasteiger partial charge in [-0.3, -0.25) is 9.20 Å². The molecule has 0 bridgehead atoms. The van der Waals surface area contributed by atoms with Crippen molar-refractivity contribution in [1.82, 2.24) is 20.0 Å². The lowest BCUT2D eigenvalue weighted by Crippen LogP contribution is -2.42. The molecule has 108 valence electrons. The third-order valence-corrected chi connectivity index (χ3v) is 4.53.